The van der Waals surface area contributed by atoms with E-state index in [4.69, 9.17) is 23.7 Å². The summed E-state index contributed by atoms with van der Waals surface area (Å²) >= 11 is 0. The standard InChI is InChI=1S/C43H59NO10/c1-11-34-43(49,25-31-18-14-12-15-19-31)24-27(3)35(45)26(2)23-42(7,50-10)38(29(5)36(46)30(6)39(47)52-34)54-41-37(33(44(8)9)22-28(4)51-41)53-40(48)32-20-16-13-17-21-32/h12-21,24,26,28-30,33-34,37-38,41,49H,11,22-23,25H2,1-10H3/t26-,28-,29+,30-,33+,34-,37-,38-,41?,42+,43-/m1/s1. The van der Waals surface area contributed by atoms with Crippen molar-refractivity contribution in [1.29, 1.82) is 0 Å². The van der Waals surface area contributed by atoms with Crippen LogP contribution < -0.4 is 0 Å². The van der Waals surface area contributed by atoms with Gasteiger partial charge in [0, 0.05) is 25.4 Å². The average Bonchev–Trinajstić information content (AvgIpc) is 3.15. The molecule has 1 unspecified atom stereocenters. The van der Waals surface area contributed by atoms with Crippen LogP contribution in [0.3, 0.4) is 0 Å². The number of hydrogen-bond acceptors (Lipinski definition) is 11. The fraction of sp³-hybridized carbons (Fsp3) is 0.581. The number of allylic oxidation sites excluding steroid dienone is 1. The van der Waals surface area contributed by atoms with E-state index < -0.39 is 71.3 Å². The summed E-state index contributed by atoms with van der Waals surface area (Å²) in [5.74, 6) is -5.00. The normalized spacial score (nSPS) is 34.5. The fourth-order valence-electron chi connectivity index (χ4n) is 7.94. The number of carbonyl (C=O) groups is 4. The van der Waals surface area contributed by atoms with Gasteiger partial charge in [0.05, 0.1) is 29.4 Å². The number of ketones is 2. The molecule has 0 aliphatic carbocycles. The highest BCUT2D eigenvalue weighted by molar-refractivity contribution is 6.00. The van der Waals surface area contributed by atoms with Crippen molar-refractivity contribution in [2.75, 3.05) is 21.2 Å². The van der Waals surface area contributed by atoms with E-state index in [9.17, 15) is 24.3 Å². The van der Waals surface area contributed by atoms with Crippen molar-refractivity contribution in [3.05, 3.63) is 83.4 Å². The number of hydrogen-bond donors (Lipinski definition) is 1. The molecule has 2 aromatic rings. The summed E-state index contributed by atoms with van der Waals surface area (Å²) in [6.07, 6.45) is -2.08. The molecule has 1 fully saturated rings. The summed E-state index contributed by atoms with van der Waals surface area (Å²) in [7, 11) is 5.26. The summed E-state index contributed by atoms with van der Waals surface area (Å²) in [5.41, 5.74) is -1.60. The van der Waals surface area contributed by atoms with Crippen LogP contribution in [0.15, 0.2) is 72.3 Å². The monoisotopic (exact) mass is 749 g/mol. The van der Waals surface area contributed by atoms with Crippen LogP contribution in [0.5, 0.6) is 0 Å². The lowest BCUT2D eigenvalue weighted by Crippen LogP contribution is -2.60. The molecule has 4 rings (SSSR count). The van der Waals surface area contributed by atoms with Gasteiger partial charge in [-0.05, 0) is 90.4 Å². The van der Waals surface area contributed by atoms with Gasteiger partial charge in [0.2, 0.25) is 0 Å². The van der Waals surface area contributed by atoms with E-state index in [1.807, 2.05) is 56.3 Å². The molecule has 2 aliphatic rings. The lowest BCUT2D eigenvalue weighted by molar-refractivity contribution is -0.294. The number of likely N-dealkylation sites (N-methyl/N-ethyl adjacent to an activating group) is 1. The Bertz CT molecular complexity index is 1630. The molecule has 2 aromatic carbocycles. The molecule has 1 saturated heterocycles. The zero-order valence-electron chi connectivity index (χ0n) is 33.4. The highest BCUT2D eigenvalue weighted by Gasteiger charge is 2.51. The molecule has 1 N–H and O–H groups in total. The SMILES string of the molecule is CC[C@H]1OC(=O)[C@H](C)C(=O)[C@H](C)[C@@H](OC2O[C@H](C)C[C@H](N(C)C)[C@H]2OC(=O)c2ccccc2)[C@@](C)(OC)C[C@@H](C)C(=O)C(C)=C[C@@]1(O)Cc1ccccc1. The van der Waals surface area contributed by atoms with Gasteiger partial charge in [-0.15, -0.1) is 0 Å². The van der Waals surface area contributed by atoms with E-state index >= 15 is 0 Å². The van der Waals surface area contributed by atoms with Gasteiger partial charge in [-0.1, -0.05) is 69.3 Å². The molecule has 11 heteroatoms. The van der Waals surface area contributed by atoms with Crippen molar-refractivity contribution in [2.45, 2.75) is 122 Å². The number of rotatable bonds is 9. The van der Waals surface area contributed by atoms with Crippen LogP contribution in [0.1, 0.15) is 83.7 Å². The molecule has 2 aliphatic heterocycles. The van der Waals surface area contributed by atoms with Gasteiger partial charge in [-0.3, -0.25) is 14.4 Å². The van der Waals surface area contributed by atoms with Gasteiger partial charge in [0.15, 0.2) is 24.0 Å². The van der Waals surface area contributed by atoms with Gasteiger partial charge in [-0.2, -0.15) is 0 Å². The second kappa shape index (κ2) is 18.3. The number of Topliss-reactive ketones (excluding diaryl/α,β-unsaturated/α-hetero) is 2. The molecule has 0 bridgehead atoms. The molecular formula is C43H59NO10. The first-order valence-corrected chi connectivity index (χ1v) is 19.0. The van der Waals surface area contributed by atoms with Crippen molar-refractivity contribution in [3.8, 4) is 0 Å². The Hall–Kier alpha value is -3.74. The number of nitrogens with zero attached hydrogens (tertiary/aromatic N) is 1. The number of ether oxygens (including phenoxy) is 5. The van der Waals surface area contributed by atoms with Crippen LogP contribution in [0.25, 0.3) is 0 Å². The Morgan fingerprint density at radius 2 is 1.59 bits per heavy atom. The summed E-state index contributed by atoms with van der Waals surface area (Å²) in [5, 5.41) is 12.2. The van der Waals surface area contributed by atoms with Gasteiger partial charge in [-0.25, -0.2) is 4.79 Å². The Balaban J connectivity index is 1.79. The minimum atomic E-state index is -1.75. The number of benzene rings is 2. The fourth-order valence-corrected chi connectivity index (χ4v) is 7.94. The topological polar surface area (TPSA) is 138 Å². The molecule has 54 heavy (non-hydrogen) atoms. The van der Waals surface area contributed by atoms with Crippen LogP contribution in [0.4, 0.5) is 0 Å². The Labute approximate surface area is 320 Å². The third-order valence-electron chi connectivity index (χ3n) is 11.1. The van der Waals surface area contributed by atoms with E-state index in [0.717, 1.165) is 5.56 Å². The molecule has 0 aromatic heterocycles. The van der Waals surface area contributed by atoms with E-state index in [1.54, 1.807) is 65.0 Å². The highest BCUT2D eigenvalue weighted by atomic mass is 16.7. The number of carbonyl (C=O) groups excluding carboxylic acids is 4. The second-order valence-corrected chi connectivity index (χ2v) is 15.6. The predicted molar refractivity (Wildman–Crippen MR) is 204 cm³/mol. The quantitative estimate of drug-likeness (QED) is 0.248. The zero-order valence-corrected chi connectivity index (χ0v) is 33.4. The van der Waals surface area contributed by atoms with Crippen LogP contribution in [-0.4, -0.2) is 103 Å². The minimum Gasteiger partial charge on any atom is -0.458 e. The first-order chi connectivity index (χ1) is 25.4. The maximum atomic E-state index is 14.4. The van der Waals surface area contributed by atoms with E-state index in [0.29, 0.717) is 17.6 Å². The summed E-state index contributed by atoms with van der Waals surface area (Å²) in [4.78, 5) is 57.8. The molecule has 11 nitrogen and oxygen atoms in total. The van der Waals surface area contributed by atoms with Gasteiger partial charge < -0.3 is 33.7 Å². The number of esters is 2. The maximum absolute atomic E-state index is 14.4. The molecule has 0 radical (unpaired) electrons. The third-order valence-corrected chi connectivity index (χ3v) is 11.1. The summed E-state index contributed by atoms with van der Waals surface area (Å²) in [6.45, 7) is 12.0. The number of cyclic esters (lactones) is 1. The van der Waals surface area contributed by atoms with Crippen LogP contribution >= 0.6 is 0 Å². The Kier molecular flexibility index (Phi) is 14.5. The van der Waals surface area contributed by atoms with Crippen molar-refractivity contribution in [1.82, 2.24) is 4.90 Å². The Morgan fingerprint density at radius 3 is 2.17 bits per heavy atom. The molecule has 2 heterocycles. The lowest BCUT2D eigenvalue weighted by atomic mass is 9.76. The molecule has 0 saturated carbocycles. The van der Waals surface area contributed by atoms with Crippen molar-refractivity contribution < 1.29 is 48.0 Å². The molecule has 11 atom stereocenters. The first kappa shape index (κ1) is 43.0. The van der Waals surface area contributed by atoms with Gasteiger partial charge in [0.25, 0.3) is 0 Å². The average molecular weight is 750 g/mol. The number of aliphatic hydroxyl groups is 1. The van der Waals surface area contributed by atoms with Gasteiger partial charge in [0.1, 0.15) is 17.6 Å². The minimum absolute atomic E-state index is 0.0762. The molecule has 296 valence electrons. The Morgan fingerprint density at radius 1 is 0.981 bits per heavy atom. The van der Waals surface area contributed by atoms with Crippen LogP contribution in [0, 0.1) is 17.8 Å². The van der Waals surface area contributed by atoms with Crippen LogP contribution in [-0.2, 0) is 44.5 Å². The van der Waals surface area contributed by atoms with Crippen molar-refractivity contribution >= 4 is 23.5 Å². The molecular weight excluding hydrogens is 690 g/mol. The third kappa shape index (κ3) is 9.92. The lowest BCUT2D eigenvalue weighted by Gasteiger charge is -2.47. The molecule has 0 amide bonds. The zero-order chi connectivity index (χ0) is 40.0. The summed E-state index contributed by atoms with van der Waals surface area (Å²) in [6, 6.07) is 17.6. The van der Waals surface area contributed by atoms with Crippen molar-refractivity contribution in [3.63, 3.8) is 0 Å². The maximum Gasteiger partial charge on any atom is 0.338 e. The van der Waals surface area contributed by atoms with Crippen LogP contribution in [0.2, 0.25) is 0 Å². The smallest absolute Gasteiger partial charge is 0.338 e. The van der Waals surface area contributed by atoms with E-state index in [1.165, 1.54) is 20.1 Å². The van der Waals surface area contributed by atoms with E-state index in [-0.39, 0.29) is 37.2 Å². The summed E-state index contributed by atoms with van der Waals surface area (Å²) < 4.78 is 31.5. The van der Waals surface area contributed by atoms with Crippen molar-refractivity contribution in [2.24, 2.45) is 17.8 Å². The van der Waals surface area contributed by atoms with E-state index in [2.05, 4.69) is 0 Å². The first-order valence-electron chi connectivity index (χ1n) is 19.0. The largest absolute Gasteiger partial charge is 0.458 e. The second-order valence-electron chi connectivity index (χ2n) is 15.6. The molecule has 0 spiro atoms. The van der Waals surface area contributed by atoms with Gasteiger partial charge >= 0.3 is 11.9 Å². The highest BCUT2D eigenvalue weighted by Crippen LogP contribution is 2.38. The predicted octanol–water partition coefficient (Wildman–Crippen LogP) is 5.76. The number of methoxy groups -OCH3 is 1.